The Morgan fingerprint density at radius 3 is 2.56 bits per heavy atom. The molecule has 1 fully saturated rings. The summed E-state index contributed by atoms with van der Waals surface area (Å²) in [4.78, 5) is 4.94. The number of rotatable bonds is 8. The molecule has 0 amide bonds. The molecule has 4 nitrogen and oxygen atoms in total. The molecule has 1 aliphatic heterocycles. The zero-order valence-corrected chi connectivity index (χ0v) is 10.5. The summed E-state index contributed by atoms with van der Waals surface area (Å²) in [6, 6.07) is 0. The van der Waals surface area contributed by atoms with Gasteiger partial charge in [0.05, 0.1) is 5.84 Å². The maximum absolute atomic E-state index is 7.13. The summed E-state index contributed by atoms with van der Waals surface area (Å²) in [5.41, 5.74) is 5.31. The van der Waals surface area contributed by atoms with Crippen LogP contribution in [-0.4, -0.2) is 55.4 Å². The van der Waals surface area contributed by atoms with E-state index in [-0.39, 0.29) is 0 Å². The van der Waals surface area contributed by atoms with Crippen molar-refractivity contribution in [2.45, 2.75) is 32.1 Å². The van der Waals surface area contributed by atoms with Crippen molar-refractivity contribution >= 4 is 5.84 Å². The van der Waals surface area contributed by atoms with Gasteiger partial charge in [0.15, 0.2) is 0 Å². The van der Waals surface area contributed by atoms with Crippen molar-refractivity contribution < 1.29 is 0 Å². The Hall–Kier alpha value is -0.610. The molecule has 1 aliphatic rings. The third kappa shape index (κ3) is 6.08. The van der Waals surface area contributed by atoms with E-state index in [2.05, 4.69) is 16.8 Å². The monoisotopic (exact) mass is 226 g/mol. The molecule has 1 heterocycles. The molecular formula is C12H26N4. The average molecular weight is 226 g/mol. The number of amidine groups is 1. The normalized spacial score (nSPS) is 17.1. The molecule has 4 heteroatoms. The molecule has 0 saturated carbocycles. The van der Waals surface area contributed by atoms with Gasteiger partial charge in [-0.05, 0) is 52.4 Å². The van der Waals surface area contributed by atoms with E-state index in [0.717, 1.165) is 25.8 Å². The Balaban J connectivity index is 1.93. The molecule has 0 unspecified atom stereocenters. The Bertz CT molecular complexity index is 199. The molecule has 1 rings (SSSR count). The first-order chi connectivity index (χ1) is 7.68. The third-order valence-corrected chi connectivity index (χ3v) is 3.23. The molecule has 1 saturated heterocycles. The van der Waals surface area contributed by atoms with Gasteiger partial charge >= 0.3 is 0 Å². The number of hydrogen-bond donors (Lipinski definition) is 2. The number of nitrogens with one attached hydrogen (secondary N) is 1. The zero-order chi connectivity index (χ0) is 11.8. The second-order valence-corrected chi connectivity index (χ2v) is 4.83. The Morgan fingerprint density at radius 2 is 1.94 bits per heavy atom. The van der Waals surface area contributed by atoms with Gasteiger partial charge in [-0.1, -0.05) is 0 Å². The van der Waals surface area contributed by atoms with E-state index in [9.17, 15) is 0 Å². The zero-order valence-electron chi connectivity index (χ0n) is 10.5. The summed E-state index contributed by atoms with van der Waals surface area (Å²) in [6.07, 6.45) is 5.70. The van der Waals surface area contributed by atoms with E-state index < -0.39 is 0 Å². The summed E-state index contributed by atoms with van der Waals surface area (Å²) in [7, 11) is 2.18. The SMILES string of the molecule is CN(CCCCC(=N)N)CCN1CCCC1. The van der Waals surface area contributed by atoms with Crippen molar-refractivity contribution in [1.82, 2.24) is 9.80 Å². The van der Waals surface area contributed by atoms with E-state index in [1.807, 2.05) is 0 Å². The predicted octanol–water partition coefficient (Wildman–Crippen LogP) is 1.12. The summed E-state index contributed by atoms with van der Waals surface area (Å²) >= 11 is 0. The number of likely N-dealkylation sites (N-methyl/N-ethyl adjacent to an activating group) is 1. The smallest absolute Gasteiger partial charge is 0.0905 e. The van der Waals surface area contributed by atoms with Crippen LogP contribution in [0, 0.1) is 5.41 Å². The van der Waals surface area contributed by atoms with Gasteiger partial charge in [0, 0.05) is 19.5 Å². The highest BCUT2D eigenvalue weighted by Crippen LogP contribution is 2.06. The standard InChI is InChI=1S/C12H26N4/c1-15(7-3-2-6-12(13)14)10-11-16-8-4-5-9-16/h2-11H2,1H3,(H3,13,14). The van der Waals surface area contributed by atoms with E-state index in [1.54, 1.807) is 0 Å². The van der Waals surface area contributed by atoms with Gasteiger partial charge in [-0.15, -0.1) is 0 Å². The van der Waals surface area contributed by atoms with Crippen molar-refractivity contribution in [2.75, 3.05) is 39.8 Å². The van der Waals surface area contributed by atoms with Crippen molar-refractivity contribution in [3.63, 3.8) is 0 Å². The molecule has 94 valence electrons. The van der Waals surface area contributed by atoms with Crippen LogP contribution in [0.1, 0.15) is 32.1 Å². The van der Waals surface area contributed by atoms with Gasteiger partial charge in [-0.25, -0.2) is 0 Å². The first-order valence-corrected chi connectivity index (χ1v) is 6.42. The molecule has 0 aromatic heterocycles. The molecule has 16 heavy (non-hydrogen) atoms. The quantitative estimate of drug-likeness (QED) is 0.370. The number of nitrogens with zero attached hydrogens (tertiary/aromatic N) is 2. The molecule has 0 aromatic rings. The lowest BCUT2D eigenvalue weighted by Crippen LogP contribution is -2.32. The Kier molecular flexibility index (Phi) is 6.42. The van der Waals surface area contributed by atoms with E-state index >= 15 is 0 Å². The van der Waals surface area contributed by atoms with Gasteiger partial charge in [-0.2, -0.15) is 0 Å². The van der Waals surface area contributed by atoms with Crippen LogP contribution in [0.4, 0.5) is 0 Å². The lowest BCUT2D eigenvalue weighted by atomic mass is 10.2. The van der Waals surface area contributed by atoms with Crippen LogP contribution in [0.15, 0.2) is 0 Å². The summed E-state index contributed by atoms with van der Waals surface area (Å²) < 4.78 is 0. The van der Waals surface area contributed by atoms with E-state index in [4.69, 9.17) is 11.1 Å². The van der Waals surface area contributed by atoms with Gasteiger partial charge in [0.1, 0.15) is 0 Å². The number of hydrogen-bond acceptors (Lipinski definition) is 3. The molecule has 3 N–H and O–H groups in total. The first-order valence-electron chi connectivity index (χ1n) is 6.42. The third-order valence-electron chi connectivity index (χ3n) is 3.23. The fraction of sp³-hybridized carbons (Fsp3) is 0.917. The summed E-state index contributed by atoms with van der Waals surface area (Å²) in [6.45, 7) is 6.08. The van der Waals surface area contributed by atoms with Gasteiger partial charge < -0.3 is 15.5 Å². The van der Waals surface area contributed by atoms with Crippen molar-refractivity contribution in [1.29, 1.82) is 5.41 Å². The van der Waals surface area contributed by atoms with Gasteiger partial charge in [-0.3, -0.25) is 5.41 Å². The second-order valence-electron chi connectivity index (χ2n) is 4.83. The van der Waals surface area contributed by atoms with E-state index in [0.29, 0.717) is 5.84 Å². The molecule has 0 atom stereocenters. The van der Waals surface area contributed by atoms with Crippen LogP contribution in [0.3, 0.4) is 0 Å². The molecule has 0 bridgehead atoms. The lowest BCUT2D eigenvalue weighted by molar-refractivity contribution is 0.254. The average Bonchev–Trinajstić information content (AvgIpc) is 2.74. The summed E-state index contributed by atoms with van der Waals surface area (Å²) in [5.74, 6) is 0.319. The number of nitrogens with two attached hydrogens (primary N) is 1. The minimum absolute atomic E-state index is 0.319. The second kappa shape index (κ2) is 7.63. The van der Waals surface area contributed by atoms with Crippen LogP contribution in [0.2, 0.25) is 0 Å². The maximum atomic E-state index is 7.13. The maximum Gasteiger partial charge on any atom is 0.0905 e. The Labute approximate surface area is 99.3 Å². The first kappa shape index (κ1) is 13.5. The van der Waals surface area contributed by atoms with Crippen molar-refractivity contribution in [3.8, 4) is 0 Å². The van der Waals surface area contributed by atoms with Crippen LogP contribution in [-0.2, 0) is 0 Å². The van der Waals surface area contributed by atoms with Crippen LogP contribution < -0.4 is 5.73 Å². The minimum atomic E-state index is 0.319. The van der Waals surface area contributed by atoms with Gasteiger partial charge in [0.25, 0.3) is 0 Å². The largest absolute Gasteiger partial charge is 0.388 e. The molecule has 0 radical (unpaired) electrons. The van der Waals surface area contributed by atoms with Gasteiger partial charge in [0.2, 0.25) is 0 Å². The summed E-state index contributed by atoms with van der Waals surface area (Å²) in [5, 5.41) is 7.13. The van der Waals surface area contributed by atoms with Crippen molar-refractivity contribution in [3.05, 3.63) is 0 Å². The lowest BCUT2D eigenvalue weighted by Gasteiger charge is -2.21. The molecular weight excluding hydrogens is 200 g/mol. The predicted molar refractivity (Wildman–Crippen MR) is 68.9 cm³/mol. The van der Waals surface area contributed by atoms with Crippen LogP contribution in [0.5, 0.6) is 0 Å². The van der Waals surface area contributed by atoms with Crippen LogP contribution in [0.25, 0.3) is 0 Å². The van der Waals surface area contributed by atoms with E-state index in [1.165, 1.54) is 39.0 Å². The molecule has 0 spiro atoms. The minimum Gasteiger partial charge on any atom is -0.388 e. The van der Waals surface area contributed by atoms with Crippen LogP contribution >= 0.6 is 0 Å². The highest BCUT2D eigenvalue weighted by molar-refractivity contribution is 5.76. The van der Waals surface area contributed by atoms with Crippen molar-refractivity contribution in [2.24, 2.45) is 5.73 Å². The topological polar surface area (TPSA) is 56.4 Å². The number of likely N-dealkylation sites (tertiary alicyclic amines) is 1. The fourth-order valence-electron chi connectivity index (χ4n) is 2.13. The highest BCUT2D eigenvalue weighted by atomic mass is 15.2. The fourth-order valence-corrected chi connectivity index (χ4v) is 2.13. The number of unbranched alkanes of at least 4 members (excludes halogenated alkanes) is 1. The Morgan fingerprint density at radius 1 is 1.25 bits per heavy atom. The molecule has 0 aliphatic carbocycles. The molecule has 0 aromatic carbocycles. The highest BCUT2D eigenvalue weighted by Gasteiger charge is 2.11.